The van der Waals surface area contributed by atoms with Gasteiger partial charge >= 0.3 is 8.69 Å². The van der Waals surface area contributed by atoms with Crippen molar-refractivity contribution in [3.05, 3.63) is 0 Å². The molecule has 0 aromatic carbocycles. The van der Waals surface area contributed by atoms with E-state index in [9.17, 15) is 8.59 Å². The Labute approximate surface area is 46.8 Å². The van der Waals surface area contributed by atoms with Crippen LogP contribution >= 0.6 is 8.69 Å². The van der Waals surface area contributed by atoms with Crippen LogP contribution in [-0.2, 0) is 9.05 Å². The number of alkyl halides is 1. The number of rotatable bonds is 0. The van der Waals surface area contributed by atoms with Crippen LogP contribution in [0.3, 0.4) is 0 Å². The van der Waals surface area contributed by atoms with Crippen molar-refractivity contribution >= 4 is 8.69 Å². The van der Waals surface area contributed by atoms with Gasteiger partial charge in [0.05, 0.1) is 6.61 Å². The van der Waals surface area contributed by atoms with Crippen molar-refractivity contribution in [3.63, 3.8) is 0 Å². The second-order valence-electron chi connectivity index (χ2n) is 1.35. The average Bonchev–Trinajstić information content (AvgIpc) is 1.64. The van der Waals surface area contributed by atoms with Crippen LogP contribution in [0.25, 0.3) is 0 Å². The van der Waals surface area contributed by atoms with Crippen molar-refractivity contribution in [2.24, 2.45) is 0 Å². The largest absolute Gasteiger partial charge is 0.377 e. The van der Waals surface area contributed by atoms with Crippen molar-refractivity contribution in [2.75, 3.05) is 6.61 Å². The first kappa shape index (κ1) is 6.33. The van der Waals surface area contributed by atoms with Crippen molar-refractivity contribution in [3.8, 4) is 0 Å². The minimum Gasteiger partial charge on any atom is -0.309 e. The van der Waals surface area contributed by atoms with Crippen molar-refractivity contribution in [2.45, 2.75) is 12.8 Å². The molecule has 1 heterocycles. The van der Waals surface area contributed by atoms with E-state index in [1.165, 1.54) is 0 Å². The fourth-order valence-electron chi connectivity index (χ4n) is 0.390. The smallest absolute Gasteiger partial charge is 0.309 e. The molecule has 1 rings (SSSR count). The predicted octanol–water partition coefficient (Wildman–Crippen LogP) is 1.92. The first-order valence-corrected chi connectivity index (χ1v) is 3.25. The summed E-state index contributed by atoms with van der Waals surface area (Å²) in [6, 6.07) is 0. The molecule has 8 heavy (non-hydrogen) atoms. The molecule has 0 aliphatic carbocycles. The lowest BCUT2D eigenvalue weighted by Crippen LogP contribution is -2.11. The van der Waals surface area contributed by atoms with Crippen LogP contribution in [0.15, 0.2) is 0 Å². The van der Waals surface area contributed by atoms with Crippen LogP contribution in [0.2, 0.25) is 0 Å². The molecule has 1 aliphatic rings. The van der Waals surface area contributed by atoms with E-state index >= 15 is 0 Å². The summed E-state index contributed by atoms with van der Waals surface area (Å²) in [4.78, 5) is 0. The Hall–Kier alpha value is 0.210. The summed E-state index contributed by atoms with van der Waals surface area (Å²) in [7, 11) is -2.41. The Morgan fingerprint density at radius 3 is 2.75 bits per heavy atom. The average molecular weight is 142 g/mol. The zero-order valence-electron chi connectivity index (χ0n) is 4.01. The molecule has 0 aromatic heterocycles. The minimum absolute atomic E-state index is 0.128. The van der Waals surface area contributed by atoms with Gasteiger partial charge in [0.2, 0.25) is 6.36 Å². The lowest BCUT2D eigenvalue weighted by atomic mass is 10.5. The third-order valence-corrected chi connectivity index (χ3v) is 1.51. The maximum Gasteiger partial charge on any atom is 0.377 e. The van der Waals surface area contributed by atoms with Gasteiger partial charge in [0.25, 0.3) is 0 Å². The van der Waals surface area contributed by atoms with Gasteiger partial charge in [0.1, 0.15) is 0 Å². The molecule has 1 aliphatic heterocycles. The maximum absolute atomic E-state index is 11.9. The highest BCUT2D eigenvalue weighted by Gasteiger charge is 2.22. The number of hydrogen-bond acceptors (Lipinski definition) is 2. The van der Waals surface area contributed by atoms with Gasteiger partial charge in [-0.1, -0.05) is 0 Å². The molecule has 0 saturated carbocycles. The molecule has 2 unspecified atom stereocenters. The van der Waals surface area contributed by atoms with Crippen LogP contribution in [0.1, 0.15) is 6.42 Å². The monoisotopic (exact) mass is 142 g/mol. The van der Waals surface area contributed by atoms with E-state index in [1.54, 1.807) is 0 Å². The van der Waals surface area contributed by atoms with Crippen LogP contribution < -0.4 is 0 Å². The Morgan fingerprint density at radius 2 is 2.38 bits per heavy atom. The van der Waals surface area contributed by atoms with Gasteiger partial charge < -0.3 is 4.52 Å². The Balaban J connectivity index is 2.23. The van der Waals surface area contributed by atoms with E-state index in [1.807, 2.05) is 0 Å². The molecule has 48 valence electrons. The summed E-state index contributed by atoms with van der Waals surface area (Å²) in [5, 5.41) is 0. The lowest BCUT2D eigenvalue weighted by molar-refractivity contribution is 0.00324. The molecule has 0 bridgehead atoms. The van der Waals surface area contributed by atoms with Crippen molar-refractivity contribution in [1.82, 2.24) is 0 Å². The van der Waals surface area contributed by atoms with Gasteiger partial charge in [-0.2, -0.15) is 4.20 Å². The number of hydrogen-bond donors (Lipinski definition) is 0. The third-order valence-electron chi connectivity index (χ3n) is 0.735. The summed E-state index contributed by atoms with van der Waals surface area (Å²) in [5.74, 6) is 0. The molecule has 0 amide bonds. The van der Waals surface area contributed by atoms with E-state index in [0.717, 1.165) is 0 Å². The minimum atomic E-state index is -2.41. The van der Waals surface area contributed by atoms with E-state index in [4.69, 9.17) is 0 Å². The molecule has 0 N–H and O–H groups in total. The molecular formula is C3H5F2O2P. The molecule has 1 fully saturated rings. The SMILES string of the molecule is FC1CCOP(F)O1. The Bertz CT molecular complexity index is 73.7. The Kier molecular flexibility index (Phi) is 2.11. The summed E-state index contributed by atoms with van der Waals surface area (Å²) in [6.45, 7) is 0.128. The molecule has 0 spiro atoms. The topological polar surface area (TPSA) is 18.5 Å². The van der Waals surface area contributed by atoms with E-state index in [-0.39, 0.29) is 13.0 Å². The van der Waals surface area contributed by atoms with Gasteiger partial charge in [-0.3, -0.25) is 4.52 Å². The normalized spacial score (nSPS) is 39.8. The first-order chi connectivity index (χ1) is 3.79. The van der Waals surface area contributed by atoms with Crippen LogP contribution in [0.5, 0.6) is 0 Å². The van der Waals surface area contributed by atoms with E-state index in [0.29, 0.717) is 0 Å². The van der Waals surface area contributed by atoms with E-state index in [2.05, 4.69) is 9.05 Å². The first-order valence-electron chi connectivity index (χ1n) is 2.19. The van der Waals surface area contributed by atoms with Gasteiger partial charge in [-0.25, -0.2) is 4.39 Å². The molecular weight excluding hydrogens is 137 g/mol. The fraction of sp³-hybridized carbons (Fsp3) is 1.00. The molecule has 0 aromatic rings. The highest BCUT2D eigenvalue weighted by Crippen LogP contribution is 2.45. The fourth-order valence-corrected chi connectivity index (χ4v) is 0.985. The van der Waals surface area contributed by atoms with Gasteiger partial charge in [0.15, 0.2) is 0 Å². The Morgan fingerprint density at radius 1 is 1.62 bits per heavy atom. The summed E-state index contributed by atoms with van der Waals surface area (Å²) in [6.07, 6.45) is -1.32. The van der Waals surface area contributed by atoms with Crippen molar-refractivity contribution in [1.29, 1.82) is 0 Å². The highest BCUT2D eigenvalue weighted by molar-refractivity contribution is 7.41. The predicted molar refractivity (Wildman–Crippen MR) is 24.6 cm³/mol. The highest BCUT2D eigenvalue weighted by atomic mass is 31.2. The molecule has 5 heteroatoms. The van der Waals surface area contributed by atoms with Gasteiger partial charge in [-0.05, 0) is 0 Å². The lowest BCUT2D eigenvalue weighted by Gasteiger charge is -2.17. The van der Waals surface area contributed by atoms with Crippen molar-refractivity contribution < 1.29 is 17.6 Å². The second kappa shape index (κ2) is 2.67. The third kappa shape index (κ3) is 1.62. The zero-order chi connectivity index (χ0) is 5.98. The number of halogens is 2. The van der Waals surface area contributed by atoms with Crippen LogP contribution in [-0.4, -0.2) is 13.0 Å². The van der Waals surface area contributed by atoms with Gasteiger partial charge in [0, 0.05) is 6.42 Å². The summed E-state index contributed by atoms with van der Waals surface area (Å²) in [5.41, 5.74) is 0. The standard InChI is InChI=1S/C3H5F2O2P/c4-3-1-2-6-8(5)7-3/h3H,1-2H2. The van der Waals surface area contributed by atoms with Crippen LogP contribution in [0.4, 0.5) is 8.59 Å². The molecule has 2 atom stereocenters. The molecule has 2 nitrogen and oxygen atoms in total. The summed E-state index contributed by atoms with van der Waals surface area (Å²) < 4.78 is 32.0. The second-order valence-corrected chi connectivity index (χ2v) is 2.24. The summed E-state index contributed by atoms with van der Waals surface area (Å²) >= 11 is 0. The zero-order valence-corrected chi connectivity index (χ0v) is 4.91. The van der Waals surface area contributed by atoms with Gasteiger partial charge in [-0.15, -0.1) is 0 Å². The molecule has 1 saturated heterocycles. The van der Waals surface area contributed by atoms with Crippen LogP contribution in [0, 0.1) is 0 Å². The maximum atomic E-state index is 11.9. The quantitative estimate of drug-likeness (QED) is 0.481. The van der Waals surface area contributed by atoms with E-state index < -0.39 is 15.0 Å². The molecule has 0 radical (unpaired) electrons.